The van der Waals surface area contributed by atoms with Gasteiger partial charge in [-0.3, -0.25) is 14.6 Å². The summed E-state index contributed by atoms with van der Waals surface area (Å²) in [4.78, 5) is 36.9. The van der Waals surface area contributed by atoms with Crippen LogP contribution in [0.5, 0.6) is 5.75 Å². The summed E-state index contributed by atoms with van der Waals surface area (Å²) in [5, 5.41) is 4.46. The number of ether oxygens (including phenoxy) is 2. The molecule has 0 bridgehead atoms. The van der Waals surface area contributed by atoms with Gasteiger partial charge in [0.05, 0.1) is 17.6 Å². The molecule has 1 N–H and O–H groups in total. The molecule has 3 rings (SSSR count). The van der Waals surface area contributed by atoms with Crippen molar-refractivity contribution in [1.29, 1.82) is 0 Å². The van der Waals surface area contributed by atoms with Crippen molar-refractivity contribution < 1.29 is 32.2 Å². The number of halogens is 3. The number of nitrogens with zero attached hydrogens (tertiary/aromatic N) is 4. The van der Waals surface area contributed by atoms with Crippen LogP contribution in [0.15, 0.2) is 47.0 Å². The molecule has 1 aromatic carbocycles. The van der Waals surface area contributed by atoms with E-state index in [9.17, 15) is 22.8 Å². The predicted octanol–water partition coefficient (Wildman–Crippen LogP) is 3.11. The van der Waals surface area contributed by atoms with Crippen molar-refractivity contribution in [3.05, 3.63) is 58.2 Å². The Morgan fingerprint density at radius 2 is 1.91 bits per heavy atom. The number of rotatable bonds is 9. The largest absolute Gasteiger partial charge is 0.573 e. The van der Waals surface area contributed by atoms with E-state index in [1.807, 2.05) is 0 Å². The van der Waals surface area contributed by atoms with E-state index in [4.69, 9.17) is 4.74 Å². The Morgan fingerprint density at radius 1 is 1.17 bits per heavy atom. The number of thiazole rings is 1. The van der Waals surface area contributed by atoms with Crippen molar-refractivity contribution in [1.82, 2.24) is 19.9 Å². The molecule has 0 saturated carbocycles. The summed E-state index contributed by atoms with van der Waals surface area (Å²) < 4.78 is 47.9. The molecule has 0 spiro atoms. The lowest BCUT2D eigenvalue weighted by molar-refractivity contribution is -0.274. The second-order valence-corrected chi connectivity index (χ2v) is 8.06. The number of carbonyl (C=O) groups is 2. The first kappa shape index (κ1) is 26.0. The molecule has 0 unspecified atom stereocenters. The Kier molecular flexibility index (Phi) is 8.71. The highest BCUT2D eigenvalue weighted by molar-refractivity contribution is 7.07. The van der Waals surface area contributed by atoms with Crippen molar-refractivity contribution in [2.75, 3.05) is 20.3 Å². The number of amides is 2. The second-order valence-electron chi connectivity index (χ2n) is 7.22. The van der Waals surface area contributed by atoms with Gasteiger partial charge in [-0.1, -0.05) is 0 Å². The van der Waals surface area contributed by atoms with Gasteiger partial charge in [0.1, 0.15) is 18.1 Å². The van der Waals surface area contributed by atoms with Crippen LogP contribution in [0.2, 0.25) is 0 Å². The Labute approximate surface area is 202 Å². The van der Waals surface area contributed by atoms with Crippen molar-refractivity contribution in [3.8, 4) is 17.0 Å². The highest BCUT2D eigenvalue weighted by Crippen LogP contribution is 2.27. The Balaban J connectivity index is 1.88. The van der Waals surface area contributed by atoms with Crippen molar-refractivity contribution in [2.24, 2.45) is 4.99 Å². The van der Waals surface area contributed by atoms with Gasteiger partial charge in [-0.15, -0.1) is 24.5 Å². The van der Waals surface area contributed by atoms with E-state index in [1.165, 1.54) is 55.1 Å². The lowest BCUT2D eigenvalue weighted by Gasteiger charge is -2.12. The fourth-order valence-corrected chi connectivity index (χ4v) is 3.92. The van der Waals surface area contributed by atoms with Crippen LogP contribution in [0.1, 0.15) is 22.6 Å². The molecular weight excluding hydrogens is 487 g/mol. The molecule has 0 aliphatic carbocycles. The predicted molar refractivity (Wildman–Crippen MR) is 121 cm³/mol. The Hall–Kier alpha value is -3.58. The number of aryl methyl sites for hydroxylation is 1. The van der Waals surface area contributed by atoms with Crippen LogP contribution in [0.3, 0.4) is 0 Å². The average Bonchev–Trinajstić information content (AvgIpc) is 3.19. The first-order valence-electron chi connectivity index (χ1n) is 10.3. The molecular formula is C22H22F3N5O4S. The monoisotopic (exact) mass is 509 g/mol. The molecule has 3 aromatic rings. The molecule has 13 heteroatoms. The molecule has 35 heavy (non-hydrogen) atoms. The van der Waals surface area contributed by atoms with E-state index in [2.05, 4.69) is 25.0 Å². The minimum Gasteiger partial charge on any atom is -0.406 e. The minimum atomic E-state index is -4.79. The van der Waals surface area contributed by atoms with Gasteiger partial charge in [-0.05, 0) is 43.2 Å². The third-order valence-electron chi connectivity index (χ3n) is 4.53. The van der Waals surface area contributed by atoms with Gasteiger partial charge >= 0.3 is 6.36 Å². The summed E-state index contributed by atoms with van der Waals surface area (Å²) in [5.41, 5.74) is 1.97. The number of methoxy groups -OCH3 is 1. The first-order chi connectivity index (χ1) is 16.7. The van der Waals surface area contributed by atoms with Gasteiger partial charge in [0, 0.05) is 31.8 Å². The maximum absolute atomic E-state index is 12.6. The highest BCUT2D eigenvalue weighted by atomic mass is 32.1. The summed E-state index contributed by atoms with van der Waals surface area (Å²) in [6.07, 6.45) is -1.49. The molecule has 9 nitrogen and oxygen atoms in total. The van der Waals surface area contributed by atoms with Gasteiger partial charge in [-0.2, -0.15) is 4.99 Å². The zero-order chi connectivity index (χ0) is 25.4. The third-order valence-corrected chi connectivity index (χ3v) is 5.40. The SMILES string of the molecule is COCC(=O)NCCCn1c(-c2ccc(OC(F)(F)F)cc2)csc1=NC(=O)c1cnc(C)cn1. The average molecular weight is 510 g/mol. The lowest BCUT2D eigenvalue weighted by atomic mass is 10.1. The number of nitrogens with one attached hydrogen (secondary N) is 1. The smallest absolute Gasteiger partial charge is 0.406 e. The summed E-state index contributed by atoms with van der Waals surface area (Å²) in [6.45, 7) is 2.41. The molecule has 0 aliphatic heterocycles. The molecule has 186 valence electrons. The topological polar surface area (TPSA) is 108 Å². The van der Waals surface area contributed by atoms with E-state index in [0.717, 1.165) is 0 Å². The van der Waals surface area contributed by atoms with Gasteiger partial charge in [0.15, 0.2) is 4.80 Å². The van der Waals surface area contributed by atoms with Crippen LogP contribution < -0.4 is 14.9 Å². The van der Waals surface area contributed by atoms with Crippen LogP contribution >= 0.6 is 11.3 Å². The summed E-state index contributed by atoms with van der Waals surface area (Å²) in [7, 11) is 1.42. The fourth-order valence-electron chi connectivity index (χ4n) is 2.99. The van der Waals surface area contributed by atoms with E-state index in [1.54, 1.807) is 16.9 Å². The number of carbonyl (C=O) groups excluding carboxylic acids is 2. The summed E-state index contributed by atoms with van der Waals surface area (Å²) in [6, 6.07) is 5.38. The zero-order valence-electron chi connectivity index (χ0n) is 18.8. The van der Waals surface area contributed by atoms with Crippen LogP contribution in [0, 0.1) is 6.92 Å². The summed E-state index contributed by atoms with van der Waals surface area (Å²) >= 11 is 1.19. The molecule has 0 fully saturated rings. The molecule has 0 aliphatic rings. The van der Waals surface area contributed by atoms with Crippen LogP contribution in [-0.2, 0) is 16.1 Å². The minimum absolute atomic E-state index is 0.0597. The van der Waals surface area contributed by atoms with E-state index >= 15 is 0 Å². The Morgan fingerprint density at radius 3 is 2.54 bits per heavy atom. The maximum atomic E-state index is 12.6. The Bertz CT molecular complexity index is 1220. The van der Waals surface area contributed by atoms with E-state index < -0.39 is 12.3 Å². The second kappa shape index (κ2) is 11.7. The quantitative estimate of drug-likeness (QED) is 0.444. The van der Waals surface area contributed by atoms with Crippen molar-refractivity contribution >= 4 is 23.2 Å². The molecule has 2 aromatic heterocycles. The third kappa shape index (κ3) is 7.72. The van der Waals surface area contributed by atoms with Gasteiger partial charge in [0.25, 0.3) is 5.91 Å². The lowest BCUT2D eigenvalue weighted by Crippen LogP contribution is -2.29. The van der Waals surface area contributed by atoms with Crippen LogP contribution in [-0.4, -0.2) is 53.0 Å². The molecule has 0 atom stereocenters. The number of hydrogen-bond acceptors (Lipinski definition) is 7. The van der Waals surface area contributed by atoms with E-state index in [0.29, 0.717) is 41.3 Å². The number of hydrogen-bond donors (Lipinski definition) is 1. The van der Waals surface area contributed by atoms with Crippen LogP contribution in [0.4, 0.5) is 13.2 Å². The molecule has 2 heterocycles. The van der Waals surface area contributed by atoms with Crippen molar-refractivity contribution in [3.63, 3.8) is 0 Å². The standard InChI is InChI=1S/C22H22F3N5O4S/c1-14-10-28-17(11-27-14)20(32)29-21-30(9-3-8-26-19(31)12-33-2)18(13-35-21)15-4-6-16(7-5-15)34-22(23,24)25/h4-7,10-11,13H,3,8-9,12H2,1-2H3,(H,26,31). The number of benzene rings is 1. The highest BCUT2D eigenvalue weighted by Gasteiger charge is 2.31. The molecule has 2 amide bonds. The molecule has 0 radical (unpaired) electrons. The van der Waals surface area contributed by atoms with Crippen LogP contribution in [0.25, 0.3) is 11.3 Å². The number of aromatic nitrogens is 3. The summed E-state index contributed by atoms with van der Waals surface area (Å²) in [5.74, 6) is -1.19. The normalized spacial score (nSPS) is 12.0. The van der Waals surface area contributed by atoms with Gasteiger partial charge in [-0.25, -0.2) is 4.98 Å². The van der Waals surface area contributed by atoms with Gasteiger partial charge < -0.3 is 19.4 Å². The maximum Gasteiger partial charge on any atom is 0.573 e. The fraction of sp³-hybridized carbons (Fsp3) is 0.318. The number of alkyl halides is 3. The zero-order valence-corrected chi connectivity index (χ0v) is 19.7. The molecule has 0 saturated heterocycles. The van der Waals surface area contributed by atoms with E-state index in [-0.39, 0.29) is 24.0 Å². The first-order valence-corrected chi connectivity index (χ1v) is 11.2. The van der Waals surface area contributed by atoms with Crippen molar-refractivity contribution in [2.45, 2.75) is 26.3 Å². The van der Waals surface area contributed by atoms with Gasteiger partial charge in [0.2, 0.25) is 5.91 Å².